The maximum Gasteiger partial charge on any atom is 0.224 e. The van der Waals surface area contributed by atoms with Gasteiger partial charge in [-0.2, -0.15) is 0 Å². The molecule has 108 valence electrons. The Morgan fingerprint density at radius 2 is 1.95 bits per heavy atom. The fourth-order valence-corrected chi connectivity index (χ4v) is 3.07. The van der Waals surface area contributed by atoms with Crippen LogP contribution in [0.15, 0.2) is 12.1 Å². The van der Waals surface area contributed by atoms with Gasteiger partial charge in [0.2, 0.25) is 5.91 Å². The van der Waals surface area contributed by atoms with Crippen LogP contribution < -0.4 is 0 Å². The first kappa shape index (κ1) is 14.9. The van der Waals surface area contributed by atoms with Crippen LogP contribution in [0.1, 0.15) is 18.9 Å². The molecule has 1 fully saturated rings. The van der Waals surface area contributed by atoms with Crippen molar-refractivity contribution in [2.45, 2.75) is 25.1 Å². The van der Waals surface area contributed by atoms with Crippen molar-refractivity contribution in [3.8, 4) is 0 Å². The topological polar surface area (TPSA) is 37.4 Å². The number of nitrogens with zero attached hydrogens (tertiary/aromatic N) is 1. The summed E-state index contributed by atoms with van der Waals surface area (Å²) in [4.78, 5) is 24.1. The van der Waals surface area contributed by atoms with Gasteiger partial charge in [0.05, 0.1) is 0 Å². The normalized spacial score (nSPS) is 18.7. The Hall–Kier alpha value is -1.50. The van der Waals surface area contributed by atoms with Crippen LogP contribution in [0.3, 0.4) is 0 Å². The lowest BCUT2D eigenvalue weighted by molar-refractivity contribution is -0.128. The Kier molecular flexibility index (Phi) is 4.37. The zero-order valence-electron chi connectivity index (χ0n) is 10.7. The molecule has 7 heteroatoms. The summed E-state index contributed by atoms with van der Waals surface area (Å²) in [6.07, 6.45) is 0.219. The van der Waals surface area contributed by atoms with Gasteiger partial charge in [-0.05, 0) is 17.7 Å². The van der Waals surface area contributed by atoms with E-state index in [0.717, 1.165) is 23.9 Å². The molecule has 0 spiro atoms. The fourth-order valence-electron chi connectivity index (χ4n) is 2.12. The highest BCUT2D eigenvalue weighted by atomic mass is 32.2. The van der Waals surface area contributed by atoms with Crippen molar-refractivity contribution in [3.63, 3.8) is 0 Å². The monoisotopic (exact) mass is 303 g/mol. The number of benzene rings is 1. The average molecular weight is 303 g/mol. The Bertz CT molecular complexity index is 542. The molecule has 3 nitrogen and oxygen atoms in total. The van der Waals surface area contributed by atoms with E-state index in [2.05, 4.69) is 0 Å². The SMILES string of the molecule is CC(=O)SC1CC(=O)N(Cc2cc(F)c(F)c(F)c2)C1. The third-order valence-corrected chi connectivity index (χ3v) is 3.91. The van der Waals surface area contributed by atoms with E-state index in [9.17, 15) is 22.8 Å². The van der Waals surface area contributed by atoms with Gasteiger partial charge in [0.15, 0.2) is 22.6 Å². The van der Waals surface area contributed by atoms with Gasteiger partial charge in [0, 0.05) is 31.7 Å². The highest BCUT2D eigenvalue weighted by Crippen LogP contribution is 2.26. The van der Waals surface area contributed by atoms with Crippen LogP contribution in [0.4, 0.5) is 13.2 Å². The van der Waals surface area contributed by atoms with Gasteiger partial charge in [0.25, 0.3) is 0 Å². The highest BCUT2D eigenvalue weighted by Gasteiger charge is 2.31. The molecule has 1 saturated heterocycles. The Morgan fingerprint density at radius 1 is 1.35 bits per heavy atom. The van der Waals surface area contributed by atoms with E-state index in [1.807, 2.05) is 0 Å². The number of thioether (sulfide) groups is 1. The molecule has 1 amide bonds. The number of rotatable bonds is 3. The molecule has 1 atom stereocenters. The molecular weight excluding hydrogens is 291 g/mol. The fraction of sp³-hybridized carbons (Fsp3) is 0.385. The number of amides is 1. The molecule has 0 bridgehead atoms. The predicted octanol–water partition coefficient (Wildman–Crippen LogP) is 2.48. The van der Waals surface area contributed by atoms with Gasteiger partial charge in [-0.25, -0.2) is 13.2 Å². The molecule has 2 rings (SSSR count). The maximum atomic E-state index is 13.1. The van der Waals surface area contributed by atoms with Gasteiger partial charge in [0.1, 0.15) is 0 Å². The van der Waals surface area contributed by atoms with Crippen LogP contribution in [-0.4, -0.2) is 27.7 Å². The third kappa shape index (κ3) is 3.33. The van der Waals surface area contributed by atoms with Gasteiger partial charge in [-0.3, -0.25) is 9.59 Å². The molecular formula is C13H12F3NO2S. The standard InChI is InChI=1S/C13H12F3NO2S/c1-7(18)20-9-4-12(19)17(6-9)5-8-2-10(14)13(16)11(15)3-8/h2-3,9H,4-6H2,1H3. The Balaban J connectivity index is 2.07. The van der Waals surface area contributed by atoms with Crippen molar-refractivity contribution in [3.05, 3.63) is 35.1 Å². The molecule has 0 radical (unpaired) electrons. The van der Waals surface area contributed by atoms with Crippen molar-refractivity contribution in [2.24, 2.45) is 0 Å². The number of carbonyl (C=O) groups is 2. The molecule has 0 saturated carbocycles. The zero-order valence-corrected chi connectivity index (χ0v) is 11.5. The zero-order chi connectivity index (χ0) is 14.9. The molecule has 1 aliphatic rings. The largest absolute Gasteiger partial charge is 0.337 e. The second kappa shape index (κ2) is 5.87. The molecule has 1 aromatic rings. The minimum absolute atomic E-state index is 0.00190. The van der Waals surface area contributed by atoms with Crippen LogP contribution in [0.25, 0.3) is 0 Å². The first-order valence-electron chi connectivity index (χ1n) is 5.95. The molecule has 1 aromatic carbocycles. The molecule has 1 unspecified atom stereocenters. The number of halogens is 3. The van der Waals surface area contributed by atoms with Crippen molar-refractivity contribution in [1.29, 1.82) is 0 Å². The molecule has 1 aliphatic heterocycles. The first-order chi connectivity index (χ1) is 9.36. The Labute approximate surface area is 118 Å². The molecule has 0 N–H and O–H groups in total. The predicted molar refractivity (Wildman–Crippen MR) is 68.4 cm³/mol. The first-order valence-corrected chi connectivity index (χ1v) is 6.83. The van der Waals surface area contributed by atoms with E-state index in [4.69, 9.17) is 0 Å². The van der Waals surface area contributed by atoms with Crippen molar-refractivity contribution in [1.82, 2.24) is 4.90 Å². The molecule has 1 heterocycles. The van der Waals surface area contributed by atoms with Crippen molar-refractivity contribution in [2.75, 3.05) is 6.54 Å². The lowest BCUT2D eigenvalue weighted by Crippen LogP contribution is -2.25. The van der Waals surface area contributed by atoms with Crippen LogP contribution >= 0.6 is 11.8 Å². The summed E-state index contributed by atoms with van der Waals surface area (Å²) >= 11 is 1.08. The summed E-state index contributed by atoms with van der Waals surface area (Å²) in [6, 6.07) is 1.74. The summed E-state index contributed by atoms with van der Waals surface area (Å²) in [6.45, 7) is 1.76. The van der Waals surface area contributed by atoms with Crippen LogP contribution in [0.2, 0.25) is 0 Å². The van der Waals surface area contributed by atoms with Gasteiger partial charge < -0.3 is 4.90 Å². The van der Waals surface area contributed by atoms with Crippen LogP contribution in [0, 0.1) is 17.5 Å². The molecule has 20 heavy (non-hydrogen) atoms. The Morgan fingerprint density at radius 3 is 2.50 bits per heavy atom. The van der Waals surface area contributed by atoms with Crippen molar-refractivity contribution >= 4 is 22.8 Å². The van der Waals surface area contributed by atoms with E-state index in [1.165, 1.54) is 11.8 Å². The van der Waals surface area contributed by atoms with E-state index < -0.39 is 17.5 Å². The number of hydrogen-bond donors (Lipinski definition) is 0. The van der Waals surface area contributed by atoms with E-state index in [1.54, 1.807) is 0 Å². The molecule has 0 aliphatic carbocycles. The van der Waals surface area contributed by atoms with Crippen molar-refractivity contribution < 1.29 is 22.8 Å². The lowest BCUT2D eigenvalue weighted by Gasteiger charge is -2.16. The summed E-state index contributed by atoms with van der Waals surface area (Å²) in [7, 11) is 0. The number of likely N-dealkylation sites (tertiary alicyclic amines) is 1. The van der Waals surface area contributed by atoms with Crippen LogP contribution in [-0.2, 0) is 16.1 Å². The third-order valence-electron chi connectivity index (χ3n) is 2.93. The smallest absolute Gasteiger partial charge is 0.224 e. The maximum absolute atomic E-state index is 13.1. The minimum atomic E-state index is -1.52. The van der Waals surface area contributed by atoms with Gasteiger partial charge in [-0.1, -0.05) is 11.8 Å². The van der Waals surface area contributed by atoms with E-state index in [0.29, 0.717) is 6.54 Å². The number of carbonyl (C=O) groups excluding carboxylic acids is 2. The highest BCUT2D eigenvalue weighted by molar-refractivity contribution is 8.14. The molecule has 0 aromatic heterocycles. The quantitative estimate of drug-likeness (QED) is 0.805. The average Bonchev–Trinajstić information content (AvgIpc) is 2.65. The minimum Gasteiger partial charge on any atom is -0.337 e. The van der Waals surface area contributed by atoms with Gasteiger partial charge in [-0.15, -0.1) is 0 Å². The number of hydrogen-bond acceptors (Lipinski definition) is 3. The summed E-state index contributed by atoms with van der Waals surface area (Å²) in [5.74, 6) is -4.26. The summed E-state index contributed by atoms with van der Waals surface area (Å²) in [5.41, 5.74) is 0.184. The second-order valence-electron chi connectivity index (χ2n) is 4.58. The van der Waals surface area contributed by atoms with E-state index >= 15 is 0 Å². The lowest BCUT2D eigenvalue weighted by atomic mass is 10.2. The van der Waals surface area contributed by atoms with Crippen LogP contribution in [0.5, 0.6) is 0 Å². The van der Waals surface area contributed by atoms with Gasteiger partial charge >= 0.3 is 0 Å². The van der Waals surface area contributed by atoms with E-state index in [-0.39, 0.29) is 34.8 Å². The second-order valence-corrected chi connectivity index (χ2v) is 6.06. The summed E-state index contributed by atoms with van der Waals surface area (Å²) < 4.78 is 39.0. The summed E-state index contributed by atoms with van der Waals surface area (Å²) in [5, 5.41) is -0.223.